The van der Waals surface area contributed by atoms with Crippen LogP contribution in [0.5, 0.6) is 0 Å². The number of sulfonamides is 1. The van der Waals surface area contributed by atoms with Crippen molar-refractivity contribution in [2.24, 2.45) is 5.92 Å². The van der Waals surface area contributed by atoms with E-state index in [4.69, 9.17) is 5.11 Å². The van der Waals surface area contributed by atoms with Gasteiger partial charge in [0.1, 0.15) is 6.61 Å². The second-order valence-corrected chi connectivity index (χ2v) is 6.74. The minimum atomic E-state index is -3.48. The van der Waals surface area contributed by atoms with Crippen LogP contribution in [0.1, 0.15) is 37.8 Å². The van der Waals surface area contributed by atoms with E-state index in [1.54, 1.807) is 25.1 Å². The van der Waals surface area contributed by atoms with E-state index in [0.29, 0.717) is 12.5 Å². The molecule has 0 fully saturated rings. The third kappa shape index (κ3) is 5.16. The van der Waals surface area contributed by atoms with E-state index in [1.807, 2.05) is 0 Å². The molecule has 0 radical (unpaired) electrons. The Hall–Kier alpha value is -1.35. The molecule has 0 aliphatic carbocycles. The van der Waals surface area contributed by atoms with Crippen LogP contribution in [0.4, 0.5) is 0 Å². The lowest BCUT2D eigenvalue weighted by Gasteiger charge is -2.14. The number of rotatable bonds is 6. The Morgan fingerprint density at radius 2 is 1.95 bits per heavy atom. The number of benzene rings is 1. The summed E-state index contributed by atoms with van der Waals surface area (Å²) in [4.78, 5) is 0.250. The summed E-state index contributed by atoms with van der Waals surface area (Å²) < 4.78 is 27.2. The van der Waals surface area contributed by atoms with Crippen LogP contribution >= 0.6 is 0 Å². The van der Waals surface area contributed by atoms with Gasteiger partial charge in [0.05, 0.1) is 4.90 Å². The van der Waals surface area contributed by atoms with Gasteiger partial charge in [0.15, 0.2) is 0 Å². The van der Waals surface area contributed by atoms with Gasteiger partial charge in [-0.25, -0.2) is 13.1 Å². The lowest BCUT2D eigenvalue weighted by Crippen LogP contribution is -2.29. The van der Waals surface area contributed by atoms with Crippen LogP contribution in [0.15, 0.2) is 23.1 Å². The molecule has 0 aliphatic heterocycles. The van der Waals surface area contributed by atoms with Crippen LogP contribution in [-0.2, 0) is 10.0 Å². The van der Waals surface area contributed by atoms with Crippen molar-refractivity contribution in [1.82, 2.24) is 4.72 Å². The summed E-state index contributed by atoms with van der Waals surface area (Å²) in [5.74, 6) is 5.71. The molecule has 116 valence electrons. The maximum Gasteiger partial charge on any atom is 0.240 e. The highest BCUT2D eigenvalue weighted by Crippen LogP contribution is 2.15. The zero-order valence-electron chi connectivity index (χ0n) is 12.8. The standard InChI is InChI=1S/C16H23NO3S/c1-4-14(5-2)12-17-21(19,20)16-9-8-15(7-6-10-18)13(3)11-16/h8-9,11,14,17-18H,4-5,10,12H2,1-3H3. The average molecular weight is 309 g/mol. The number of nitrogens with one attached hydrogen (secondary N) is 1. The zero-order chi connectivity index (χ0) is 15.9. The first-order valence-corrected chi connectivity index (χ1v) is 8.63. The molecular formula is C16H23NO3S. The fourth-order valence-corrected chi connectivity index (χ4v) is 3.17. The van der Waals surface area contributed by atoms with Crippen molar-refractivity contribution in [2.75, 3.05) is 13.2 Å². The molecule has 2 N–H and O–H groups in total. The molecule has 0 saturated heterocycles. The maximum atomic E-state index is 12.3. The summed E-state index contributed by atoms with van der Waals surface area (Å²) in [7, 11) is -3.48. The monoisotopic (exact) mass is 309 g/mol. The van der Waals surface area contributed by atoms with Crippen molar-refractivity contribution in [1.29, 1.82) is 0 Å². The molecule has 1 rings (SSSR count). The van der Waals surface area contributed by atoms with Gasteiger partial charge in [-0.1, -0.05) is 38.5 Å². The van der Waals surface area contributed by atoms with Gasteiger partial charge in [0.2, 0.25) is 10.0 Å². The van der Waals surface area contributed by atoms with E-state index in [0.717, 1.165) is 24.0 Å². The summed E-state index contributed by atoms with van der Waals surface area (Å²) in [5, 5.41) is 8.69. The van der Waals surface area contributed by atoms with Gasteiger partial charge >= 0.3 is 0 Å². The summed E-state index contributed by atoms with van der Waals surface area (Å²) >= 11 is 0. The average Bonchev–Trinajstić information content (AvgIpc) is 2.47. The van der Waals surface area contributed by atoms with Crippen molar-refractivity contribution in [3.63, 3.8) is 0 Å². The van der Waals surface area contributed by atoms with Gasteiger partial charge in [-0.3, -0.25) is 0 Å². The molecule has 0 unspecified atom stereocenters. The van der Waals surface area contributed by atoms with Crippen LogP contribution in [0, 0.1) is 24.7 Å². The lowest BCUT2D eigenvalue weighted by atomic mass is 10.0. The summed E-state index contributed by atoms with van der Waals surface area (Å²) in [6.45, 7) is 6.17. The highest BCUT2D eigenvalue weighted by molar-refractivity contribution is 7.89. The fraction of sp³-hybridized carbons (Fsp3) is 0.500. The summed E-state index contributed by atoms with van der Waals surface area (Å²) in [6, 6.07) is 4.82. The molecule has 21 heavy (non-hydrogen) atoms. The summed E-state index contributed by atoms with van der Waals surface area (Å²) in [5.41, 5.74) is 1.50. The molecule has 0 heterocycles. The second-order valence-electron chi connectivity index (χ2n) is 4.97. The predicted octanol–water partition coefficient (Wildman–Crippen LogP) is 2.05. The van der Waals surface area contributed by atoms with Gasteiger partial charge < -0.3 is 5.11 Å². The van der Waals surface area contributed by atoms with E-state index < -0.39 is 10.0 Å². The second kappa shape index (κ2) is 8.18. The largest absolute Gasteiger partial charge is 0.384 e. The fourth-order valence-electron chi connectivity index (χ4n) is 1.97. The number of hydrogen-bond acceptors (Lipinski definition) is 3. The molecule has 0 bridgehead atoms. The third-order valence-corrected chi connectivity index (χ3v) is 4.95. The van der Waals surface area contributed by atoms with Gasteiger partial charge in [-0.2, -0.15) is 0 Å². The Morgan fingerprint density at radius 3 is 2.48 bits per heavy atom. The van der Waals surface area contributed by atoms with E-state index in [-0.39, 0.29) is 11.5 Å². The van der Waals surface area contributed by atoms with Crippen molar-refractivity contribution in [3.8, 4) is 11.8 Å². The molecule has 5 heteroatoms. The molecule has 0 aromatic heterocycles. The highest BCUT2D eigenvalue weighted by Gasteiger charge is 2.16. The van der Waals surface area contributed by atoms with Crippen molar-refractivity contribution in [3.05, 3.63) is 29.3 Å². The van der Waals surface area contributed by atoms with Crippen LogP contribution in [0.2, 0.25) is 0 Å². The van der Waals surface area contributed by atoms with Gasteiger partial charge in [-0.05, 0) is 36.6 Å². The Bertz CT molecular complexity index is 623. The Morgan fingerprint density at radius 1 is 1.29 bits per heavy atom. The van der Waals surface area contributed by atoms with Crippen LogP contribution in [0.3, 0.4) is 0 Å². The van der Waals surface area contributed by atoms with E-state index >= 15 is 0 Å². The minimum Gasteiger partial charge on any atom is -0.384 e. The first-order chi connectivity index (χ1) is 9.94. The maximum absolute atomic E-state index is 12.3. The van der Waals surface area contributed by atoms with Crippen LogP contribution in [-0.4, -0.2) is 26.7 Å². The smallest absolute Gasteiger partial charge is 0.240 e. The van der Waals surface area contributed by atoms with Gasteiger partial charge in [0.25, 0.3) is 0 Å². The molecular weight excluding hydrogens is 286 g/mol. The van der Waals surface area contributed by atoms with Gasteiger partial charge in [0, 0.05) is 12.1 Å². The number of hydrogen-bond donors (Lipinski definition) is 2. The minimum absolute atomic E-state index is 0.212. The normalized spacial score (nSPS) is 11.3. The molecule has 4 nitrogen and oxygen atoms in total. The molecule has 1 aromatic rings. The molecule has 1 aromatic carbocycles. The molecule has 0 atom stereocenters. The molecule has 0 aliphatic rings. The van der Waals surface area contributed by atoms with Crippen molar-refractivity contribution < 1.29 is 13.5 Å². The molecule has 0 spiro atoms. The van der Waals surface area contributed by atoms with E-state index in [2.05, 4.69) is 30.4 Å². The van der Waals surface area contributed by atoms with Gasteiger partial charge in [-0.15, -0.1) is 0 Å². The Labute approximate surface area is 127 Å². The Balaban J connectivity index is 2.91. The van der Waals surface area contributed by atoms with Crippen molar-refractivity contribution >= 4 is 10.0 Å². The molecule has 0 amide bonds. The van der Waals surface area contributed by atoms with E-state index in [9.17, 15) is 8.42 Å². The molecule has 0 saturated carbocycles. The number of aliphatic hydroxyl groups excluding tert-OH is 1. The highest BCUT2D eigenvalue weighted by atomic mass is 32.2. The topological polar surface area (TPSA) is 66.4 Å². The first-order valence-electron chi connectivity index (χ1n) is 7.14. The van der Waals surface area contributed by atoms with Crippen molar-refractivity contribution in [2.45, 2.75) is 38.5 Å². The zero-order valence-corrected chi connectivity index (χ0v) is 13.6. The number of aryl methyl sites for hydroxylation is 1. The third-order valence-electron chi connectivity index (χ3n) is 3.53. The lowest BCUT2D eigenvalue weighted by molar-refractivity contribution is 0.350. The number of aliphatic hydroxyl groups is 1. The SMILES string of the molecule is CCC(CC)CNS(=O)(=O)c1ccc(C#CCO)c(C)c1. The van der Waals surface area contributed by atoms with E-state index in [1.165, 1.54) is 0 Å². The Kier molecular flexibility index (Phi) is 6.90. The predicted molar refractivity (Wildman–Crippen MR) is 84.4 cm³/mol. The van der Waals surface area contributed by atoms with Crippen LogP contribution < -0.4 is 4.72 Å². The quantitative estimate of drug-likeness (QED) is 0.790. The summed E-state index contributed by atoms with van der Waals surface area (Å²) in [6.07, 6.45) is 1.90. The van der Waals surface area contributed by atoms with Crippen LogP contribution in [0.25, 0.3) is 0 Å². The first kappa shape index (κ1) is 17.7.